The van der Waals surface area contributed by atoms with Crippen LogP contribution >= 0.6 is 0 Å². The highest BCUT2D eigenvalue weighted by molar-refractivity contribution is 6.26. The first-order valence-electron chi connectivity index (χ1n) is 20.7. The van der Waals surface area contributed by atoms with Crippen molar-refractivity contribution in [2.45, 2.75) is 5.41 Å². The topological polar surface area (TPSA) is 0 Å². The molecule has 0 saturated carbocycles. The Morgan fingerprint density at radius 1 is 0.254 bits per heavy atom. The van der Waals surface area contributed by atoms with Gasteiger partial charge < -0.3 is 0 Å². The summed E-state index contributed by atoms with van der Waals surface area (Å²) in [4.78, 5) is 0. The molecule has 0 unspecified atom stereocenters. The molecule has 14 rings (SSSR count). The highest BCUT2D eigenvalue weighted by Gasteiger charge is 2.53. The SMILES string of the molecule is c1cc(-c2ccc3c4c(c5ccccc5c3c2)-c2cc3ccccc3cc2C42c3ccccc3-c3ccccc32)cc(-c2ccc3ccc4cccc5ccc2c3c45)c1. The van der Waals surface area contributed by atoms with Gasteiger partial charge in [0.05, 0.1) is 5.41 Å². The van der Waals surface area contributed by atoms with E-state index >= 15 is 0 Å². The van der Waals surface area contributed by atoms with Gasteiger partial charge in [-0.3, -0.25) is 0 Å². The summed E-state index contributed by atoms with van der Waals surface area (Å²) in [6, 6.07) is 78.2. The third-order valence-electron chi connectivity index (χ3n) is 13.9. The van der Waals surface area contributed by atoms with Gasteiger partial charge in [-0.05, 0) is 156 Å². The van der Waals surface area contributed by atoms with Crippen molar-refractivity contribution in [3.63, 3.8) is 0 Å². The minimum Gasteiger partial charge on any atom is -0.0619 e. The molecule has 0 aromatic heterocycles. The van der Waals surface area contributed by atoms with Gasteiger partial charge in [-0.25, -0.2) is 0 Å². The third kappa shape index (κ3) is 3.98. The van der Waals surface area contributed by atoms with Crippen molar-refractivity contribution in [3.8, 4) is 44.5 Å². The molecule has 0 radical (unpaired) electrons. The highest BCUT2D eigenvalue weighted by atomic mass is 14.5. The van der Waals surface area contributed by atoms with Crippen LogP contribution in [0.5, 0.6) is 0 Å². The van der Waals surface area contributed by atoms with Crippen LogP contribution in [0.25, 0.3) is 109 Å². The van der Waals surface area contributed by atoms with E-state index < -0.39 is 5.41 Å². The van der Waals surface area contributed by atoms with Crippen molar-refractivity contribution >= 4 is 64.6 Å². The molecule has 12 aromatic carbocycles. The summed E-state index contributed by atoms with van der Waals surface area (Å²) >= 11 is 0. The molecule has 0 fully saturated rings. The van der Waals surface area contributed by atoms with E-state index in [1.54, 1.807) is 0 Å². The van der Waals surface area contributed by atoms with Crippen molar-refractivity contribution in [2.75, 3.05) is 0 Å². The van der Waals surface area contributed by atoms with Crippen molar-refractivity contribution < 1.29 is 0 Å². The lowest BCUT2D eigenvalue weighted by atomic mass is 9.69. The molecule has 0 saturated heterocycles. The van der Waals surface area contributed by atoms with Gasteiger partial charge in [-0.1, -0.05) is 182 Å². The number of benzene rings is 12. The first-order valence-corrected chi connectivity index (χ1v) is 20.7. The molecule has 2 aliphatic rings. The highest BCUT2D eigenvalue weighted by Crippen LogP contribution is 2.66. The van der Waals surface area contributed by atoms with E-state index in [9.17, 15) is 0 Å². The standard InChI is InChI=1S/C59H34/c1-2-12-40-34-54-51(33-39(40)11-1)57-47-20-4-3-17-44(47)50-32-41(27-30-49(50)58(57)59(54)52-21-7-5-18-45(52)46-19-6-8-22-53(46)59)38-15-10-16-42(31-38)43-28-25-37-24-23-35-13-9-14-36-26-29-48(43)56(37)55(35)36/h1-34H. The van der Waals surface area contributed by atoms with Gasteiger partial charge in [0, 0.05) is 0 Å². The Labute approximate surface area is 341 Å². The monoisotopic (exact) mass is 742 g/mol. The Kier molecular flexibility index (Phi) is 6.05. The molecule has 1 spiro atoms. The lowest BCUT2D eigenvalue weighted by Crippen LogP contribution is -2.26. The summed E-state index contributed by atoms with van der Waals surface area (Å²) in [5.41, 5.74) is 15.4. The molecule has 0 heteroatoms. The van der Waals surface area contributed by atoms with Gasteiger partial charge >= 0.3 is 0 Å². The van der Waals surface area contributed by atoms with E-state index in [0.29, 0.717) is 0 Å². The maximum atomic E-state index is 2.50. The first kappa shape index (κ1) is 31.5. The Balaban J connectivity index is 1.04. The summed E-state index contributed by atoms with van der Waals surface area (Å²) in [6.45, 7) is 0. The lowest BCUT2D eigenvalue weighted by Gasteiger charge is -2.32. The minimum absolute atomic E-state index is 0.458. The second kappa shape index (κ2) is 11.3. The maximum absolute atomic E-state index is 2.50. The molecular weight excluding hydrogens is 709 g/mol. The Morgan fingerprint density at radius 2 is 0.831 bits per heavy atom. The van der Waals surface area contributed by atoms with Crippen LogP contribution in [0.2, 0.25) is 0 Å². The van der Waals surface area contributed by atoms with E-state index in [4.69, 9.17) is 0 Å². The van der Waals surface area contributed by atoms with E-state index in [0.717, 1.165) is 0 Å². The largest absolute Gasteiger partial charge is 0.0731 e. The predicted molar refractivity (Wildman–Crippen MR) is 250 cm³/mol. The van der Waals surface area contributed by atoms with Gasteiger partial charge in [0.15, 0.2) is 0 Å². The van der Waals surface area contributed by atoms with Gasteiger partial charge in [0.2, 0.25) is 0 Å². The molecule has 59 heavy (non-hydrogen) atoms. The quantitative estimate of drug-likeness (QED) is 0.155. The zero-order chi connectivity index (χ0) is 38.4. The average molecular weight is 743 g/mol. The van der Waals surface area contributed by atoms with Crippen molar-refractivity contribution in [2.24, 2.45) is 0 Å². The van der Waals surface area contributed by atoms with Crippen LogP contribution in [-0.2, 0) is 5.41 Å². The fraction of sp³-hybridized carbons (Fsp3) is 0.0169. The minimum atomic E-state index is -0.458. The predicted octanol–water partition coefficient (Wildman–Crippen LogP) is 15.7. The van der Waals surface area contributed by atoms with Gasteiger partial charge in [0.1, 0.15) is 0 Å². The number of hydrogen-bond donors (Lipinski definition) is 0. The molecule has 270 valence electrons. The third-order valence-corrected chi connectivity index (χ3v) is 13.9. The normalized spacial score (nSPS) is 13.6. The van der Waals surface area contributed by atoms with Gasteiger partial charge in [-0.2, -0.15) is 0 Å². The zero-order valence-corrected chi connectivity index (χ0v) is 32.1. The number of fused-ring (bicyclic) bond motifs is 16. The second-order valence-electron chi connectivity index (χ2n) is 16.7. The Hall–Kier alpha value is -7.54. The van der Waals surface area contributed by atoms with Crippen LogP contribution in [0.15, 0.2) is 206 Å². The molecule has 0 amide bonds. The number of hydrogen-bond acceptors (Lipinski definition) is 0. The lowest BCUT2D eigenvalue weighted by molar-refractivity contribution is 0.803. The summed E-state index contributed by atoms with van der Waals surface area (Å²) in [5, 5.41) is 15.7. The smallest absolute Gasteiger partial charge is 0.0619 e. The number of rotatable bonds is 2. The van der Waals surface area contributed by atoms with E-state index in [1.807, 2.05) is 0 Å². The molecule has 0 N–H and O–H groups in total. The van der Waals surface area contributed by atoms with E-state index in [-0.39, 0.29) is 0 Å². The van der Waals surface area contributed by atoms with Crippen LogP contribution in [0.3, 0.4) is 0 Å². The van der Waals surface area contributed by atoms with Crippen LogP contribution in [0, 0.1) is 0 Å². The van der Waals surface area contributed by atoms with Crippen molar-refractivity contribution in [1.82, 2.24) is 0 Å². The fourth-order valence-corrected chi connectivity index (χ4v) is 11.6. The fourth-order valence-electron chi connectivity index (χ4n) is 11.6. The molecule has 12 aromatic rings. The van der Waals surface area contributed by atoms with Gasteiger partial charge in [-0.15, -0.1) is 0 Å². The molecule has 0 aliphatic heterocycles. The summed E-state index contributed by atoms with van der Waals surface area (Å²) < 4.78 is 0. The molecule has 0 nitrogen and oxygen atoms in total. The van der Waals surface area contributed by atoms with Crippen LogP contribution in [-0.4, -0.2) is 0 Å². The Bertz CT molecular complexity index is 3730. The van der Waals surface area contributed by atoms with Crippen molar-refractivity contribution in [3.05, 3.63) is 229 Å². The molecular formula is C59H34. The van der Waals surface area contributed by atoms with E-state index in [1.165, 1.54) is 131 Å². The maximum Gasteiger partial charge on any atom is 0.0731 e. The zero-order valence-electron chi connectivity index (χ0n) is 32.1. The first-order chi connectivity index (χ1) is 29.3. The molecule has 2 aliphatic carbocycles. The Morgan fingerprint density at radius 3 is 1.63 bits per heavy atom. The summed E-state index contributed by atoms with van der Waals surface area (Å²) in [6.07, 6.45) is 0. The second-order valence-corrected chi connectivity index (χ2v) is 16.7. The van der Waals surface area contributed by atoms with Crippen LogP contribution < -0.4 is 0 Å². The summed E-state index contributed by atoms with van der Waals surface area (Å²) in [7, 11) is 0. The molecule has 0 bridgehead atoms. The molecule has 0 atom stereocenters. The molecule has 0 heterocycles. The van der Waals surface area contributed by atoms with Crippen LogP contribution in [0.1, 0.15) is 22.3 Å². The van der Waals surface area contributed by atoms with Crippen LogP contribution in [0.4, 0.5) is 0 Å². The van der Waals surface area contributed by atoms with Gasteiger partial charge in [0.25, 0.3) is 0 Å². The van der Waals surface area contributed by atoms with E-state index in [2.05, 4.69) is 206 Å². The summed E-state index contributed by atoms with van der Waals surface area (Å²) in [5.74, 6) is 0. The van der Waals surface area contributed by atoms with Crippen molar-refractivity contribution in [1.29, 1.82) is 0 Å². The average Bonchev–Trinajstić information content (AvgIpc) is 3.77.